The molecule has 2 aromatic carbocycles. The van der Waals surface area contributed by atoms with Gasteiger partial charge in [-0.2, -0.15) is 0 Å². The first kappa shape index (κ1) is 21.6. The number of para-hydroxylation sites is 1. The number of nitrogens with one attached hydrogen (secondary N) is 2. The van der Waals surface area contributed by atoms with Crippen molar-refractivity contribution >= 4 is 17.6 Å². The van der Waals surface area contributed by atoms with Gasteiger partial charge in [0.25, 0.3) is 0 Å². The number of halogens is 1. The van der Waals surface area contributed by atoms with Crippen LogP contribution in [0.15, 0.2) is 59.6 Å². The Labute approximate surface area is 177 Å². The van der Waals surface area contributed by atoms with E-state index in [9.17, 15) is 9.18 Å². The minimum absolute atomic E-state index is 0.150. The van der Waals surface area contributed by atoms with E-state index in [-0.39, 0.29) is 11.7 Å². The van der Waals surface area contributed by atoms with Crippen LogP contribution < -0.4 is 15.5 Å². The lowest BCUT2D eigenvalue weighted by Crippen LogP contribution is -2.49. The molecule has 2 N–H and O–H groups in total. The number of hydrogen-bond donors (Lipinski definition) is 2. The van der Waals surface area contributed by atoms with Crippen LogP contribution in [0.5, 0.6) is 0 Å². The van der Waals surface area contributed by atoms with Gasteiger partial charge in [-0.05, 0) is 30.2 Å². The highest BCUT2D eigenvalue weighted by atomic mass is 19.1. The third-order valence-electron chi connectivity index (χ3n) is 5.25. The van der Waals surface area contributed by atoms with Crippen LogP contribution in [-0.4, -0.2) is 63.1 Å². The molecule has 30 heavy (non-hydrogen) atoms. The third-order valence-corrected chi connectivity index (χ3v) is 5.25. The number of carbonyl (C=O) groups excluding carboxylic acids is 1. The summed E-state index contributed by atoms with van der Waals surface area (Å²) < 4.78 is 13.7. The Morgan fingerprint density at radius 3 is 2.33 bits per heavy atom. The van der Waals surface area contributed by atoms with E-state index in [1.807, 2.05) is 29.2 Å². The van der Waals surface area contributed by atoms with Gasteiger partial charge >= 0.3 is 0 Å². The molecule has 1 fully saturated rings. The monoisotopic (exact) mass is 411 g/mol. The maximum absolute atomic E-state index is 13.7. The highest BCUT2D eigenvalue weighted by Gasteiger charge is 2.20. The van der Waals surface area contributed by atoms with E-state index in [4.69, 9.17) is 0 Å². The molecule has 6 nitrogen and oxygen atoms in total. The first-order valence-corrected chi connectivity index (χ1v) is 10.4. The van der Waals surface area contributed by atoms with Crippen LogP contribution >= 0.6 is 0 Å². The molecule has 1 aliphatic heterocycles. The van der Waals surface area contributed by atoms with Crippen molar-refractivity contribution in [3.8, 4) is 0 Å². The van der Waals surface area contributed by atoms with Gasteiger partial charge in [-0.15, -0.1) is 0 Å². The van der Waals surface area contributed by atoms with Gasteiger partial charge in [-0.3, -0.25) is 9.79 Å². The van der Waals surface area contributed by atoms with Gasteiger partial charge in [0.05, 0.1) is 0 Å². The fourth-order valence-corrected chi connectivity index (χ4v) is 3.54. The Kier molecular flexibility index (Phi) is 8.06. The minimum Gasteiger partial charge on any atom is -0.368 e. The van der Waals surface area contributed by atoms with E-state index in [0.29, 0.717) is 37.5 Å². The largest absolute Gasteiger partial charge is 0.368 e. The molecule has 160 valence electrons. The smallest absolute Gasteiger partial charge is 0.224 e. The van der Waals surface area contributed by atoms with Crippen LogP contribution in [0.3, 0.4) is 0 Å². The zero-order valence-corrected chi connectivity index (χ0v) is 17.5. The molecule has 0 unspecified atom stereocenters. The number of rotatable bonds is 7. The molecule has 0 radical (unpaired) electrons. The van der Waals surface area contributed by atoms with Gasteiger partial charge in [-0.25, -0.2) is 4.39 Å². The van der Waals surface area contributed by atoms with Gasteiger partial charge < -0.3 is 20.4 Å². The second kappa shape index (κ2) is 11.2. The Balaban J connectivity index is 1.34. The highest BCUT2D eigenvalue weighted by Crippen LogP contribution is 2.15. The van der Waals surface area contributed by atoms with E-state index in [1.54, 1.807) is 19.2 Å². The van der Waals surface area contributed by atoms with E-state index in [0.717, 1.165) is 26.2 Å². The first-order valence-electron chi connectivity index (χ1n) is 10.4. The summed E-state index contributed by atoms with van der Waals surface area (Å²) in [5, 5.41) is 6.33. The molecule has 0 saturated carbocycles. The molecule has 0 spiro atoms. The summed E-state index contributed by atoms with van der Waals surface area (Å²) in [5.41, 5.74) is 1.88. The quantitative estimate of drug-likeness (QED) is 0.542. The van der Waals surface area contributed by atoms with Crippen LogP contribution in [0.4, 0.5) is 10.1 Å². The molecular weight excluding hydrogens is 381 g/mol. The number of benzene rings is 2. The van der Waals surface area contributed by atoms with Crippen LogP contribution in [0.25, 0.3) is 0 Å². The van der Waals surface area contributed by atoms with Gasteiger partial charge in [-0.1, -0.05) is 36.4 Å². The predicted molar refractivity (Wildman–Crippen MR) is 119 cm³/mol. The van der Waals surface area contributed by atoms with Gasteiger partial charge in [0.15, 0.2) is 5.96 Å². The molecule has 0 aromatic heterocycles. The van der Waals surface area contributed by atoms with Gasteiger partial charge in [0.1, 0.15) is 5.82 Å². The van der Waals surface area contributed by atoms with Crippen molar-refractivity contribution in [2.24, 2.45) is 4.99 Å². The fraction of sp³-hybridized carbons (Fsp3) is 0.391. The number of aliphatic imine (C=N–C) groups is 1. The number of guanidine groups is 1. The number of carbonyl (C=O) groups is 1. The predicted octanol–water partition coefficient (Wildman–Crippen LogP) is 2.27. The Morgan fingerprint density at radius 1 is 0.967 bits per heavy atom. The van der Waals surface area contributed by atoms with Crippen molar-refractivity contribution in [3.05, 3.63) is 66.0 Å². The number of hydrogen-bond acceptors (Lipinski definition) is 3. The van der Waals surface area contributed by atoms with Crippen molar-refractivity contribution in [1.82, 2.24) is 15.5 Å². The summed E-state index contributed by atoms with van der Waals surface area (Å²) in [6.45, 7) is 4.25. The molecule has 2 aromatic rings. The average molecular weight is 412 g/mol. The summed E-state index contributed by atoms with van der Waals surface area (Å²) >= 11 is 0. The zero-order valence-electron chi connectivity index (χ0n) is 17.5. The summed E-state index contributed by atoms with van der Waals surface area (Å²) in [5.74, 6) is 0.574. The molecule has 1 saturated heterocycles. The molecule has 3 rings (SSSR count). The van der Waals surface area contributed by atoms with E-state index in [2.05, 4.69) is 32.7 Å². The fourth-order valence-electron chi connectivity index (χ4n) is 3.54. The topological polar surface area (TPSA) is 60.0 Å². The zero-order chi connectivity index (χ0) is 21.2. The average Bonchev–Trinajstić information content (AvgIpc) is 2.80. The lowest BCUT2D eigenvalue weighted by Gasteiger charge is -2.36. The van der Waals surface area contributed by atoms with Gasteiger partial charge in [0, 0.05) is 58.4 Å². The normalized spacial score (nSPS) is 14.5. The maximum atomic E-state index is 13.7. The number of piperazine rings is 1. The second-order valence-electron chi connectivity index (χ2n) is 7.22. The van der Waals surface area contributed by atoms with Crippen molar-refractivity contribution in [1.29, 1.82) is 0 Å². The van der Waals surface area contributed by atoms with Crippen molar-refractivity contribution in [3.63, 3.8) is 0 Å². The lowest BCUT2D eigenvalue weighted by molar-refractivity contribution is -0.131. The third kappa shape index (κ3) is 6.20. The molecule has 0 bridgehead atoms. The summed E-state index contributed by atoms with van der Waals surface area (Å²) in [7, 11) is 1.68. The van der Waals surface area contributed by atoms with E-state index < -0.39 is 0 Å². The highest BCUT2D eigenvalue weighted by molar-refractivity contribution is 5.81. The minimum atomic E-state index is -0.194. The SMILES string of the molecule is CN=C(NCCC(=O)N1CCN(c2ccccc2)CC1)NCCc1ccccc1F. The first-order chi connectivity index (χ1) is 14.7. The molecule has 1 heterocycles. The summed E-state index contributed by atoms with van der Waals surface area (Å²) in [4.78, 5) is 20.9. The number of amides is 1. The molecule has 1 amide bonds. The number of nitrogens with zero attached hydrogens (tertiary/aromatic N) is 3. The van der Waals surface area contributed by atoms with Crippen LogP contribution in [0.1, 0.15) is 12.0 Å². The van der Waals surface area contributed by atoms with Crippen LogP contribution in [0.2, 0.25) is 0 Å². The Bertz CT molecular complexity index is 834. The van der Waals surface area contributed by atoms with E-state index >= 15 is 0 Å². The Hall–Kier alpha value is -3.09. The van der Waals surface area contributed by atoms with Crippen molar-refractivity contribution < 1.29 is 9.18 Å². The second-order valence-corrected chi connectivity index (χ2v) is 7.22. The molecule has 1 aliphatic rings. The standard InChI is InChI=1S/C23H30FN5O/c1-25-23(26-13-11-19-7-5-6-10-21(19)24)27-14-12-22(30)29-17-15-28(16-18-29)20-8-3-2-4-9-20/h2-10H,11-18H2,1H3,(H2,25,26,27). The van der Waals surface area contributed by atoms with Gasteiger partial charge in [0.2, 0.25) is 5.91 Å². The summed E-state index contributed by atoms with van der Waals surface area (Å²) in [6, 6.07) is 17.1. The molecule has 7 heteroatoms. The lowest BCUT2D eigenvalue weighted by atomic mass is 10.1. The molecular formula is C23H30FN5O. The van der Waals surface area contributed by atoms with Crippen LogP contribution in [-0.2, 0) is 11.2 Å². The Morgan fingerprint density at radius 2 is 1.63 bits per heavy atom. The molecule has 0 atom stereocenters. The van der Waals surface area contributed by atoms with Crippen molar-refractivity contribution in [2.45, 2.75) is 12.8 Å². The molecule has 0 aliphatic carbocycles. The van der Waals surface area contributed by atoms with E-state index in [1.165, 1.54) is 11.8 Å². The summed E-state index contributed by atoms with van der Waals surface area (Å²) in [6.07, 6.45) is 0.983. The van der Waals surface area contributed by atoms with Crippen LogP contribution in [0, 0.1) is 5.82 Å². The van der Waals surface area contributed by atoms with Crippen molar-refractivity contribution in [2.75, 3.05) is 51.2 Å². The maximum Gasteiger partial charge on any atom is 0.224 e. The number of anilines is 1.